The van der Waals surface area contributed by atoms with E-state index in [2.05, 4.69) is 4.99 Å². The smallest absolute Gasteiger partial charge is 0.0263 e. The monoisotopic (exact) mass is 139 g/mol. The van der Waals surface area contributed by atoms with Crippen LogP contribution in [0.2, 0.25) is 0 Å². The Bertz CT molecular complexity index is 95.9. The molecule has 0 radical (unpaired) electrons. The topological polar surface area (TPSA) is 12.4 Å². The van der Waals surface area contributed by atoms with E-state index in [1.165, 1.54) is 0 Å². The molecule has 0 aliphatic heterocycles. The maximum Gasteiger partial charge on any atom is 0.0263 e. The van der Waals surface area contributed by atoms with E-state index in [0.717, 1.165) is 0 Å². The summed E-state index contributed by atoms with van der Waals surface area (Å²) in [5.41, 5.74) is 0. The van der Waals surface area contributed by atoms with Gasteiger partial charge in [-0.3, -0.25) is 4.99 Å². The number of hydrogen-bond donors (Lipinski definition) is 0. The van der Waals surface area contributed by atoms with E-state index in [1.807, 2.05) is 45.9 Å². The Kier molecular flexibility index (Phi) is 18.7. The van der Waals surface area contributed by atoms with Crippen LogP contribution in [0.25, 0.3) is 0 Å². The summed E-state index contributed by atoms with van der Waals surface area (Å²) in [5, 5.41) is 0. The van der Waals surface area contributed by atoms with Gasteiger partial charge < -0.3 is 0 Å². The third-order valence-corrected chi connectivity index (χ3v) is 0.625. The quantitative estimate of drug-likeness (QED) is 0.411. The largest absolute Gasteiger partial charge is 0.269 e. The maximum atomic E-state index is 3.85. The molecular formula is C9H17N. The zero-order valence-corrected chi connectivity index (χ0v) is 7.33. The van der Waals surface area contributed by atoms with Crippen molar-refractivity contribution >= 4 is 6.21 Å². The van der Waals surface area contributed by atoms with Gasteiger partial charge in [-0.25, -0.2) is 0 Å². The normalized spacial score (nSPS) is 10.8. The first-order chi connectivity index (χ1) is 4.91. The third kappa shape index (κ3) is 15.7. The van der Waals surface area contributed by atoms with Gasteiger partial charge in [0, 0.05) is 12.4 Å². The average molecular weight is 139 g/mol. The minimum atomic E-state index is 1.75. The van der Waals surface area contributed by atoms with Crippen LogP contribution >= 0.6 is 0 Å². The molecule has 0 amide bonds. The van der Waals surface area contributed by atoms with Gasteiger partial charge in [0.2, 0.25) is 0 Å². The van der Waals surface area contributed by atoms with E-state index in [4.69, 9.17) is 0 Å². The van der Waals surface area contributed by atoms with Gasteiger partial charge in [0.15, 0.2) is 0 Å². The molecule has 1 heteroatoms. The summed E-state index contributed by atoms with van der Waals surface area (Å²) >= 11 is 0. The van der Waals surface area contributed by atoms with Crippen LogP contribution in [0.1, 0.15) is 27.7 Å². The molecule has 0 aromatic rings. The van der Waals surface area contributed by atoms with Crippen molar-refractivity contribution in [3.63, 3.8) is 0 Å². The Morgan fingerprint density at radius 1 is 1.00 bits per heavy atom. The summed E-state index contributed by atoms with van der Waals surface area (Å²) in [6, 6.07) is 0. The molecule has 0 fully saturated rings. The number of aliphatic imine (C=N–C) groups is 1. The van der Waals surface area contributed by atoms with Crippen molar-refractivity contribution < 1.29 is 0 Å². The molecule has 0 N–H and O–H groups in total. The molecule has 0 spiro atoms. The van der Waals surface area contributed by atoms with E-state index in [0.29, 0.717) is 0 Å². The first-order valence-electron chi connectivity index (χ1n) is 3.67. The highest BCUT2D eigenvalue weighted by molar-refractivity contribution is 5.54. The highest BCUT2D eigenvalue weighted by Crippen LogP contribution is 1.75. The number of rotatable bonds is 2. The summed E-state index contributed by atoms with van der Waals surface area (Å²) in [4.78, 5) is 3.85. The molecule has 1 nitrogen and oxygen atoms in total. The standard InChI is InChI=1S/C7H11N.C2H6/c1-3-5-6-7-8-4-2;1-2/h3-7H,1-2H3;1-2H3/b5-3-,7-6-,8-4?;. The lowest BCUT2D eigenvalue weighted by Gasteiger charge is -1.69. The molecule has 0 bridgehead atoms. The van der Waals surface area contributed by atoms with Crippen LogP contribution in [0, 0.1) is 0 Å². The van der Waals surface area contributed by atoms with Crippen LogP contribution < -0.4 is 0 Å². The molecule has 0 rings (SSSR count). The van der Waals surface area contributed by atoms with Crippen LogP contribution in [0.3, 0.4) is 0 Å². The molecule has 0 saturated carbocycles. The minimum absolute atomic E-state index is 1.75. The fourth-order valence-electron chi connectivity index (χ4n) is 0.297. The molecule has 0 aliphatic rings. The predicted molar refractivity (Wildman–Crippen MR) is 49.5 cm³/mol. The Hall–Kier alpha value is -0.850. The van der Waals surface area contributed by atoms with Crippen molar-refractivity contribution in [2.45, 2.75) is 27.7 Å². The van der Waals surface area contributed by atoms with Crippen molar-refractivity contribution in [2.24, 2.45) is 4.99 Å². The highest BCUT2D eigenvalue weighted by atomic mass is 14.6. The van der Waals surface area contributed by atoms with Crippen LogP contribution in [0.4, 0.5) is 0 Å². The number of allylic oxidation sites excluding steroid dienone is 3. The molecule has 0 aromatic carbocycles. The number of nitrogens with zero attached hydrogens (tertiary/aromatic N) is 1. The van der Waals surface area contributed by atoms with E-state index in [9.17, 15) is 0 Å². The van der Waals surface area contributed by atoms with Crippen LogP contribution in [0.15, 0.2) is 29.4 Å². The van der Waals surface area contributed by atoms with Crippen molar-refractivity contribution in [1.82, 2.24) is 0 Å². The summed E-state index contributed by atoms with van der Waals surface area (Å²) in [6.45, 7) is 7.86. The summed E-state index contributed by atoms with van der Waals surface area (Å²) in [7, 11) is 0. The summed E-state index contributed by atoms with van der Waals surface area (Å²) in [5.74, 6) is 0. The van der Waals surface area contributed by atoms with Gasteiger partial charge in [0.05, 0.1) is 0 Å². The molecule has 0 unspecified atom stereocenters. The molecule has 58 valence electrons. The zero-order chi connectivity index (χ0) is 8.24. The molecule has 0 aromatic heterocycles. The molecule has 0 aliphatic carbocycles. The molecular weight excluding hydrogens is 122 g/mol. The lowest BCUT2D eigenvalue weighted by Crippen LogP contribution is -1.52. The zero-order valence-electron chi connectivity index (χ0n) is 7.33. The molecule has 0 saturated heterocycles. The van der Waals surface area contributed by atoms with Crippen LogP contribution in [0.5, 0.6) is 0 Å². The maximum absolute atomic E-state index is 3.85. The Morgan fingerprint density at radius 3 is 2.00 bits per heavy atom. The number of hydrogen-bond acceptors (Lipinski definition) is 1. The summed E-state index contributed by atoms with van der Waals surface area (Å²) in [6.07, 6.45) is 9.29. The van der Waals surface area contributed by atoms with E-state index in [1.54, 1.807) is 12.4 Å². The van der Waals surface area contributed by atoms with Crippen LogP contribution in [-0.2, 0) is 0 Å². The fraction of sp³-hybridized carbons (Fsp3) is 0.444. The minimum Gasteiger partial charge on any atom is -0.269 e. The molecule has 0 heterocycles. The van der Waals surface area contributed by atoms with Gasteiger partial charge in [0.1, 0.15) is 0 Å². The van der Waals surface area contributed by atoms with Crippen molar-refractivity contribution in [3.8, 4) is 0 Å². The highest BCUT2D eigenvalue weighted by Gasteiger charge is 1.55. The third-order valence-electron chi connectivity index (χ3n) is 0.625. The second-order valence-electron chi connectivity index (χ2n) is 1.27. The van der Waals surface area contributed by atoms with Gasteiger partial charge in [-0.1, -0.05) is 26.0 Å². The van der Waals surface area contributed by atoms with Gasteiger partial charge in [0.25, 0.3) is 0 Å². The Labute approximate surface area is 64.2 Å². The van der Waals surface area contributed by atoms with Crippen LogP contribution in [-0.4, -0.2) is 6.21 Å². The van der Waals surface area contributed by atoms with E-state index >= 15 is 0 Å². The molecule has 0 atom stereocenters. The van der Waals surface area contributed by atoms with Gasteiger partial charge in [-0.2, -0.15) is 0 Å². The molecule has 10 heavy (non-hydrogen) atoms. The predicted octanol–water partition coefficient (Wildman–Crippen LogP) is 3.19. The van der Waals surface area contributed by atoms with Crippen molar-refractivity contribution in [2.75, 3.05) is 0 Å². The second-order valence-corrected chi connectivity index (χ2v) is 1.27. The van der Waals surface area contributed by atoms with Crippen molar-refractivity contribution in [3.05, 3.63) is 24.4 Å². The van der Waals surface area contributed by atoms with Gasteiger partial charge in [-0.05, 0) is 19.9 Å². The van der Waals surface area contributed by atoms with Gasteiger partial charge >= 0.3 is 0 Å². The first-order valence-corrected chi connectivity index (χ1v) is 3.67. The Balaban J connectivity index is 0. The first kappa shape index (κ1) is 11.9. The average Bonchev–Trinajstić information content (AvgIpc) is 2.02. The lowest BCUT2D eigenvalue weighted by atomic mass is 10.5. The second kappa shape index (κ2) is 15.7. The van der Waals surface area contributed by atoms with E-state index in [-0.39, 0.29) is 0 Å². The van der Waals surface area contributed by atoms with Gasteiger partial charge in [-0.15, -0.1) is 0 Å². The fourth-order valence-corrected chi connectivity index (χ4v) is 0.297. The SMILES string of the molecule is CC.CC=N/C=C\C=C/C. The lowest BCUT2D eigenvalue weighted by molar-refractivity contribution is 1.50. The Morgan fingerprint density at radius 2 is 1.60 bits per heavy atom. The summed E-state index contributed by atoms with van der Waals surface area (Å²) < 4.78 is 0. The van der Waals surface area contributed by atoms with E-state index < -0.39 is 0 Å². The van der Waals surface area contributed by atoms with Crippen molar-refractivity contribution in [1.29, 1.82) is 0 Å².